The van der Waals surface area contributed by atoms with Crippen LogP contribution < -0.4 is 30.1 Å². The van der Waals surface area contributed by atoms with Crippen LogP contribution in [0.25, 0.3) is 0 Å². The first-order valence-electron chi connectivity index (χ1n) is 18.3. The van der Waals surface area contributed by atoms with Gasteiger partial charge in [0.2, 0.25) is 27.7 Å². The number of ether oxygens (including phenoxy) is 2. The molecule has 18 nitrogen and oxygen atoms in total. The number of carbonyl (C=O) groups excluding carboxylic acids is 3. The Balaban J connectivity index is 1.60. The zero-order valence-corrected chi connectivity index (χ0v) is 34.5. The molecular weight excluding hydrogens is 767 g/mol. The lowest BCUT2D eigenvalue weighted by Crippen LogP contribution is -2.51. The molecule has 0 saturated carbocycles. The van der Waals surface area contributed by atoms with Crippen molar-refractivity contribution in [3.63, 3.8) is 0 Å². The van der Waals surface area contributed by atoms with E-state index < -0.39 is 50.0 Å². The summed E-state index contributed by atoms with van der Waals surface area (Å²) in [5.41, 5.74) is 0.997. The van der Waals surface area contributed by atoms with E-state index in [-0.39, 0.29) is 68.4 Å². The van der Waals surface area contributed by atoms with Gasteiger partial charge in [0.05, 0.1) is 25.2 Å². The van der Waals surface area contributed by atoms with Gasteiger partial charge in [-0.2, -0.15) is 22.1 Å². The minimum absolute atomic E-state index is 0.0121. The van der Waals surface area contributed by atoms with Crippen LogP contribution >= 0.6 is 0 Å². The molecule has 308 valence electrons. The summed E-state index contributed by atoms with van der Waals surface area (Å²) in [6.45, 7) is 5.36. The summed E-state index contributed by atoms with van der Waals surface area (Å²) in [5.74, 6) is 0.307. The average Bonchev–Trinajstić information content (AvgIpc) is 3.55. The predicted octanol–water partition coefficient (Wildman–Crippen LogP) is 1.80. The Hall–Kier alpha value is -4.79. The van der Waals surface area contributed by atoms with E-state index in [1.807, 2.05) is 19.9 Å². The summed E-state index contributed by atoms with van der Waals surface area (Å²) >= 11 is 0. The quantitative estimate of drug-likeness (QED) is 0.218. The molecule has 3 amide bonds. The van der Waals surface area contributed by atoms with Crippen LogP contribution in [0, 0.1) is 5.92 Å². The fraction of sp³-hybridized carbons (Fsp3) is 0.528. The van der Waals surface area contributed by atoms with Crippen LogP contribution in [-0.4, -0.2) is 112 Å². The zero-order chi connectivity index (χ0) is 41.2. The van der Waals surface area contributed by atoms with Gasteiger partial charge in [-0.25, -0.2) is 18.1 Å². The number of hydrogen-bond donors (Lipinski definition) is 4. The van der Waals surface area contributed by atoms with Crippen LogP contribution in [0.5, 0.6) is 11.5 Å². The highest BCUT2D eigenvalue weighted by molar-refractivity contribution is 7.90. The Morgan fingerprint density at radius 1 is 0.946 bits per heavy atom. The second kappa shape index (κ2) is 19.4. The standard InChI is InChI=1S/C36H53N9O9S2/c1-8-24(2)34-36(48)38-25(3)35-39-31(22-26-12-17-29(53-6)30(21-26)54-7)41-45(35)23-33(47)37-18-10-20-44(19-9-11-32(46)40-34)55(49,50)28-15-13-27(14-16-28)42-56(51,52)43(4)5/h12-17,21,24-25,34,42H,8-11,18-20,22-23H2,1-7H3,(H,37,47)(H,38,48)(H,40,46)/t24-,25+,34-/m0/s1. The van der Waals surface area contributed by atoms with Crippen LogP contribution in [0.3, 0.4) is 0 Å². The normalized spacial score (nSPS) is 19.1. The topological polar surface area (TPSA) is 223 Å². The van der Waals surface area contributed by atoms with Crippen molar-refractivity contribution in [2.24, 2.45) is 5.92 Å². The number of rotatable bonds is 11. The third-order valence-electron chi connectivity index (χ3n) is 9.34. The van der Waals surface area contributed by atoms with Gasteiger partial charge in [-0.05, 0) is 67.6 Å². The van der Waals surface area contributed by atoms with E-state index in [9.17, 15) is 31.2 Å². The molecule has 20 heteroatoms. The largest absolute Gasteiger partial charge is 0.493 e. The van der Waals surface area contributed by atoms with Gasteiger partial charge in [-0.3, -0.25) is 19.1 Å². The van der Waals surface area contributed by atoms with Gasteiger partial charge in [0, 0.05) is 52.3 Å². The summed E-state index contributed by atoms with van der Waals surface area (Å²) in [4.78, 5) is 44.9. The Morgan fingerprint density at radius 2 is 1.62 bits per heavy atom. The second-order valence-electron chi connectivity index (χ2n) is 13.7. The zero-order valence-electron chi connectivity index (χ0n) is 32.9. The number of methoxy groups -OCH3 is 2. The lowest BCUT2D eigenvalue weighted by atomic mass is 9.97. The molecule has 4 rings (SSSR count). The van der Waals surface area contributed by atoms with E-state index >= 15 is 0 Å². The van der Waals surface area contributed by atoms with Crippen molar-refractivity contribution >= 4 is 43.6 Å². The molecule has 0 radical (unpaired) electrons. The van der Waals surface area contributed by atoms with E-state index in [1.54, 1.807) is 26.2 Å². The summed E-state index contributed by atoms with van der Waals surface area (Å²) in [6.07, 6.45) is 1.20. The number of carbonyl (C=O) groups is 3. The molecule has 1 aliphatic rings. The first-order valence-corrected chi connectivity index (χ1v) is 21.2. The number of amides is 3. The summed E-state index contributed by atoms with van der Waals surface area (Å²) < 4.78 is 69.0. The third kappa shape index (κ3) is 11.4. The molecule has 0 saturated heterocycles. The van der Waals surface area contributed by atoms with E-state index in [2.05, 4.69) is 25.8 Å². The molecule has 56 heavy (non-hydrogen) atoms. The fourth-order valence-corrected chi connectivity index (χ4v) is 8.06. The van der Waals surface area contributed by atoms with Crippen molar-refractivity contribution in [3.8, 4) is 11.5 Å². The summed E-state index contributed by atoms with van der Waals surface area (Å²) in [7, 11) is -2.12. The van der Waals surface area contributed by atoms with Gasteiger partial charge in [0.15, 0.2) is 17.3 Å². The molecular formula is C36H53N9O9S2. The third-order valence-corrected chi connectivity index (χ3v) is 12.7. The van der Waals surface area contributed by atoms with Crippen LogP contribution in [0.15, 0.2) is 47.4 Å². The summed E-state index contributed by atoms with van der Waals surface area (Å²) in [6, 6.07) is 9.13. The number of nitrogens with one attached hydrogen (secondary N) is 4. The highest BCUT2D eigenvalue weighted by Gasteiger charge is 2.30. The number of benzene rings is 2. The molecule has 1 aliphatic heterocycles. The molecule has 4 N–H and O–H groups in total. The number of anilines is 1. The molecule has 2 heterocycles. The van der Waals surface area contributed by atoms with E-state index in [0.717, 1.165) is 9.87 Å². The Kier molecular flexibility index (Phi) is 15.2. The number of sulfonamides is 1. The van der Waals surface area contributed by atoms with Crippen LogP contribution in [0.4, 0.5) is 5.69 Å². The molecule has 2 aromatic carbocycles. The molecule has 1 aromatic heterocycles. The van der Waals surface area contributed by atoms with Crippen molar-refractivity contribution in [2.45, 2.75) is 76.4 Å². The van der Waals surface area contributed by atoms with Crippen LogP contribution in [-0.2, 0) is 47.6 Å². The maximum Gasteiger partial charge on any atom is 0.301 e. The summed E-state index contributed by atoms with van der Waals surface area (Å²) in [5, 5.41) is 13.2. The van der Waals surface area contributed by atoms with Crippen molar-refractivity contribution in [1.29, 1.82) is 0 Å². The maximum absolute atomic E-state index is 13.9. The average molecular weight is 820 g/mol. The van der Waals surface area contributed by atoms with Gasteiger partial charge in [0.25, 0.3) is 0 Å². The molecule has 0 fully saturated rings. The molecule has 0 unspecified atom stereocenters. The lowest BCUT2D eigenvalue weighted by Gasteiger charge is -2.26. The monoisotopic (exact) mass is 819 g/mol. The van der Waals surface area contributed by atoms with Gasteiger partial charge in [-0.1, -0.05) is 26.3 Å². The molecule has 0 bridgehead atoms. The minimum atomic E-state index is -4.11. The van der Waals surface area contributed by atoms with Crippen molar-refractivity contribution in [1.82, 2.24) is 39.3 Å². The molecule has 3 aromatic rings. The Morgan fingerprint density at radius 3 is 2.27 bits per heavy atom. The number of fused-ring (bicyclic) bond motifs is 1. The first kappa shape index (κ1) is 43.9. The SMILES string of the molecule is CC[C@H](C)[C@@H]1NC(=O)CCCN(S(=O)(=O)c2ccc(NS(=O)(=O)N(C)C)cc2)CCCNC(=O)Cn2nc(Cc3ccc(OC)c(OC)c3)nc2[C@@H](C)NC1=O. The molecule has 0 spiro atoms. The fourth-order valence-electron chi connectivity index (χ4n) is 5.93. The highest BCUT2D eigenvalue weighted by atomic mass is 32.2. The smallest absolute Gasteiger partial charge is 0.301 e. The molecule has 0 aliphatic carbocycles. The first-order chi connectivity index (χ1) is 26.5. The minimum Gasteiger partial charge on any atom is -0.493 e. The van der Waals surface area contributed by atoms with Gasteiger partial charge in [0.1, 0.15) is 18.4 Å². The van der Waals surface area contributed by atoms with Gasteiger partial charge < -0.3 is 25.4 Å². The predicted molar refractivity (Wildman–Crippen MR) is 209 cm³/mol. The maximum atomic E-state index is 13.9. The van der Waals surface area contributed by atoms with E-state index in [0.29, 0.717) is 29.6 Å². The Labute approximate surface area is 328 Å². The van der Waals surface area contributed by atoms with E-state index in [4.69, 9.17) is 14.5 Å². The number of hydrogen-bond acceptors (Lipinski definition) is 11. The van der Waals surface area contributed by atoms with Crippen LogP contribution in [0.2, 0.25) is 0 Å². The highest BCUT2D eigenvalue weighted by Crippen LogP contribution is 2.28. The second-order valence-corrected chi connectivity index (χ2v) is 17.5. The molecule has 3 atom stereocenters. The van der Waals surface area contributed by atoms with Crippen molar-refractivity contribution < 1.29 is 40.7 Å². The van der Waals surface area contributed by atoms with Crippen molar-refractivity contribution in [2.75, 3.05) is 52.7 Å². The van der Waals surface area contributed by atoms with E-state index in [1.165, 1.54) is 54.5 Å². The van der Waals surface area contributed by atoms with Crippen molar-refractivity contribution in [3.05, 3.63) is 59.7 Å². The number of aromatic nitrogens is 3. The van der Waals surface area contributed by atoms with Crippen LogP contribution in [0.1, 0.15) is 69.7 Å². The lowest BCUT2D eigenvalue weighted by molar-refractivity contribution is -0.130. The van der Waals surface area contributed by atoms with Gasteiger partial charge in [-0.15, -0.1) is 0 Å². The number of nitrogens with zero attached hydrogens (tertiary/aromatic N) is 5. The Bertz CT molecular complexity index is 2060. The van der Waals surface area contributed by atoms with Gasteiger partial charge >= 0.3 is 10.2 Å².